The van der Waals surface area contributed by atoms with Crippen molar-refractivity contribution in [2.45, 2.75) is 78.1 Å². The number of alkyl halides is 3. The minimum absolute atomic E-state index is 0.348. The highest BCUT2D eigenvalue weighted by Gasteiger charge is 2.46. The minimum atomic E-state index is -4.15. The van der Waals surface area contributed by atoms with E-state index in [1.165, 1.54) is 6.42 Å². The van der Waals surface area contributed by atoms with Crippen LogP contribution in [-0.2, 0) is 0 Å². The van der Waals surface area contributed by atoms with E-state index in [0.717, 1.165) is 71.6 Å². The van der Waals surface area contributed by atoms with Gasteiger partial charge in [-0.15, -0.1) is 0 Å². The van der Waals surface area contributed by atoms with Gasteiger partial charge < -0.3 is 9.80 Å². The lowest BCUT2D eigenvalue weighted by Crippen LogP contribution is -2.51. The first-order valence-electron chi connectivity index (χ1n) is 12.2. The maximum absolute atomic E-state index is 13.9. The molecule has 0 bridgehead atoms. The number of rotatable bonds is 9. The number of halogens is 3. The molecule has 0 radical (unpaired) electrons. The Morgan fingerprint density at radius 3 is 1.97 bits per heavy atom. The van der Waals surface area contributed by atoms with Gasteiger partial charge in [0, 0.05) is 38.8 Å². The van der Waals surface area contributed by atoms with Gasteiger partial charge in [-0.25, -0.2) is 0 Å². The first-order valence-corrected chi connectivity index (χ1v) is 12.2. The molecule has 7 heteroatoms. The van der Waals surface area contributed by atoms with Gasteiger partial charge in [0.1, 0.15) is 6.04 Å². The van der Waals surface area contributed by atoms with E-state index in [9.17, 15) is 13.2 Å². The SMILES string of the molecule is CCN1CCCN(C(C(C)CCCCN2CCCN(C(C)C)CC2)C(F)(F)F)CC1. The zero-order valence-corrected chi connectivity index (χ0v) is 19.8. The van der Waals surface area contributed by atoms with Crippen molar-refractivity contribution in [3.8, 4) is 0 Å². The average molecular weight is 435 g/mol. The van der Waals surface area contributed by atoms with Crippen molar-refractivity contribution in [3.05, 3.63) is 0 Å². The maximum atomic E-state index is 13.9. The van der Waals surface area contributed by atoms with Crippen LogP contribution in [-0.4, -0.2) is 103 Å². The molecule has 0 aromatic heterocycles. The normalized spacial score (nSPS) is 24.0. The molecule has 0 saturated carbocycles. The molecule has 0 spiro atoms. The second kappa shape index (κ2) is 12.6. The Hall–Kier alpha value is -0.370. The molecule has 2 unspecified atom stereocenters. The third kappa shape index (κ3) is 8.29. The predicted molar refractivity (Wildman–Crippen MR) is 119 cm³/mol. The van der Waals surface area contributed by atoms with Crippen molar-refractivity contribution >= 4 is 0 Å². The van der Waals surface area contributed by atoms with Gasteiger partial charge >= 0.3 is 6.18 Å². The van der Waals surface area contributed by atoms with Crippen LogP contribution in [0.5, 0.6) is 0 Å². The Kier molecular flexibility index (Phi) is 10.9. The summed E-state index contributed by atoms with van der Waals surface area (Å²) in [4.78, 5) is 9.01. The molecule has 2 saturated heterocycles. The molecule has 2 heterocycles. The highest BCUT2D eigenvalue weighted by molar-refractivity contribution is 4.86. The molecular formula is C23H45F3N4. The summed E-state index contributed by atoms with van der Waals surface area (Å²) in [5.41, 5.74) is 0. The van der Waals surface area contributed by atoms with Gasteiger partial charge in [0.25, 0.3) is 0 Å². The second-order valence-electron chi connectivity index (χ2n) is 9.61. The summed E-state index contributed by atoms with van der Waals surface area (Å²) < 4.78 is 41.8. The van der Waals surface area contributed by atoms with Crippen LogP contribution in [0.3, 0.4) is 0 Å². The molecule has 0 aromatic carbocycles. The van der Waals surface area contributed by atoms with Gasteiger partial charge in [-0.05, 0) is 78.2 Å². The fourth-order valence-electron chi connectivity index (χ4n) is 5.17. The molecule has 0 aromatic rings. The summed E-state index contributed by atoms with van der Waals surface area (Å²) in [5, 5.41) is 0. The van der Waals surface area contributed by atoms with Crippen molar-refractivity contribution in [1.29, 1.82) is 0 Å². The van der Waals surface area contributed by atoms with Gasteiger partial charge in [-0.3, -0.25) is 9.80 Å². The smallest absolute Gasteiger partial charge is 0.302 e. The van der Waals surface area contributed by atoms with Gasteiger partial charge in [-0.1, -0.05) is 20.3 Å². The Morgan fingerprint density at radius 2 is 1.33 bits per heavy atom. The van der Waals surface area contributed by atoms with E-state index >= 15 is 0 Å². The lowest BCUT2D eigenvalue weighted by atomic mass is 9.93. The van der Waals surface area contributed by atoms with Crippen molar-refractivity contribution in [3.63, 3.8) is 0 Å². The van der Waals surface area contributed by atoms with Crippen LogP contribution >= 0.6 is 0 Å². The lowest BCUT2D eigenvalue weighted by molar-refractivity contribution is -0.196. The highest BCUT2D eigenvalue weighted by atomic mass is 19.4. The van der Waals surface area contributed by atoms with Gasteiger partial charge in [0.2, 0.25) is 0 Å². The topological polar surface area (TPSA) is 13.0 Å². The largest absolute Gasteiger partial charge is 0.404 e. The van der Waals surface area contributed by atoms with E-state index in [-0.39, 0.29) is 5.92 Å². The molecule has 30 heavy (non-hydrogen) atoms. The van der Waals surface area contributed by atoms with Crippen LogP contribution in [0, 0.1) is 5.92 Å². The summed E-state index contributed by atoms with van der Waals surface area (Å²) in [5.74, 6) is -0.348. The maximum Gasteiger partial charge on any atom is 0.404 e. The van der Waals surface area contributed by atoms with Crippen molar-refractivity contribution in [2.24, 2.45) is 5.92 Å². The average Bonchev–Trinajstić information content (AvgIpc) is 3.05. The number of hydrogen-bond acceptors (Lipinski definition) is 4. The molecule has 2 rings (SSSR count). The van der Waals surface area contributed by atoms with Crippen LogP contribution in [0.1, 0.15) is 59.8 Å². The molecule has 0 N–H and O–H groups in total. The number of likely N-dealkylation sites (N-methyl/N-ethyl adjacent to an activating group) is 1. The summed E-state index contributed by atoms with van der Waals surface area (Å²) in [7, 11) is 0. The third-order valence-corrected chi connectivity index (χ3v) is 7.08. The number of nitrogens with zero attached hydrogens (tertiary/aromatic N) is 4. The Morgan fingerprint density at radius 1 is 0.733 bits per heavy atom. The quantitative estimate of drug-likeness (QED) is 0.505. The molecular weight excluding hydrogens is 389 g/mol. The van der Waals surface area contributed by atoms with E-state index in [2.05, 4.69) is 35.5 Å². The Balaban J connectivity index is 1.78. The molecule has 2 atom stereocenters. The van der Waals surface area contributed by atoms with Gasteiger partial charge in [0.15, 0.2) is 0 Å². The monoisotopic (exact) mass is 434 g/mol. The van der Waals surface area contributed by atoms with Gasteiger partial charge in [0.05, 0.1) is 0 Å². The second-order valence-corrected chi connectivity index (χ2v) is 9.61. The zero-order chi connectivity index (χ0) is 22.1. The van der Waals surface area contributed by atoms with E-state index < -0.39 is 12.2 Å². The standard InChI is InChI=1S/C23H45F3N4/c1-5-27-12-8-15-30(19-16-27)22(23(24,25)26)21(4)10-6-7-11-28-13-9-14-29(18-17-28)20(2)3/h20-22H,5-19H2,1-4H3. The van der Waals surface area contributed by atoms with Crippen LogP contribution in [0.15, 0.2) is 0 Å². The molecule has 4 nitrogen and oxygen atoms in total. The van der Waals surface area contributed by atoms with Gasteiger partial charge in [-0.2, -0.15) is 13.2 Å². The molecule has 178 valence electrons. The van der Waals surface area contributed by atoms with Crippen LogP contribution in [0.25, 0.3) is 0 Å². The van der Waals surface area contributed by atoms with Crippen molar-refractivity contribution in [1.82, 2.24) is 19.6 Å². The Bertz CT molecular complexity index is 472. The zero-order valence-electron chi connectivity index (χ0n) is 19.8. The van der Waals surface area contributed by atoms with E-state index in [1.807, 2.05) is 6.92 Å². The Labute approximate surface area is 182 Å². The first-order chi connectivity index (χ1) is 14.2. The molecule has 2 aliphatic rings. The fraction of sp³-hybridized carbons (Fsp3) is 1.00. The molecule has 0 aliphatic carbocycles. The van der Waals surface area contributed by atoms with E-state index in [0.29, 0.717) is 25.6 Å². The molecule has 2 fully saturated rings. The predicted octanol–water partition coefficient (Wildman–Crippen LogP) is 4.17. The van der Waals surface area contributed by atoms with Crippen molar-refractivity contribution in [2.75, 3.05) is 65.4 Å². The summed E-state index contributed by atoms with van der Waals surface area (Å²) >= 11 is 0. The van der Waals surface area contributed by atoms with Crippen molar-refractivity contribution < 1.29 is 13.2 Å². The van der Waals surface area contributed by atoms with E-state index in [1.54, 1.807) is 4.90 Å². The first kappa shape index (κ1) is 25.9. The summed E-state index contributed by atoms with van der Waals surface area (Å²) in [6.45, 7) is 17.6. The van der Waals surface area contributed by atoms with Crippen LogP contribution < -0.4 is 0 Å². The number of hydrogen-bond donors (Lipinski definition) is 0. The highest BCUT2D eigenvalue weighted by Crippen LogP contribution is 2.33. The molecule has 0 amide bonds. The lowest BCUT2D eigenvalue weighted by Gasteiger charge is -2.36. The van der Waals surface area contributed by atoms with Crippen LogP contribution in [0.2, 0.25) is 0 Å². The molecule has 2 aliphatic heterocycles. The minimum Gasteiger partial charge on any atom is -0.302 e. The number of unbranched alkanes of at least 4 members (excludes halogenated alkanes) is 1. The summed E-state index contributed by atoms with van der Waals surface area (Å²) in [6.07, 6.45) is 0.410. The van der Waals surface area contributed by atoms with E-state index in [4.69, 9.17) is 0 Å². The van der Waals surface area contributed by atoms with Crippen LogP contribution in [0.4, 0.5) is 13.2 Å². The third-order valence-electron chi connectivity index (χ3n) is 7.08. The fourth-order valence-corrected chi connectivity index (χ4v) is 5.17. The summed E-state index contributed by atoms with van der Waals surface area (Å²) in [6, 6.07) is -0.708.